The van der Waals surface area contributed by atoms with Gasteiger partial charge in [-0.3, -0.25) is 0 Å². The molecule has 6 heteroatoms. The topological polar surface area (TPSA) is 58.2 Å². The number of rotatable bonds is 8. The van der Waals surface area contributed by atoms with Crippen LogP contribution in [0.2, 0.25) is 0 Å². The van der Waals surface area contributed by atoms with Crippen LogP contribution in [0.25, 0.3) is 0 Å². The third-order valence-electron chi connectivity index (χ3n) is 2.91. The van der Waals surface area contributed by atoms with Crippen LogP contribution in [-0.4, -0.2) is 33.5 Å². The van der Waals surface area contributed by atoms with Gasteiger partial charge in [0.05, 0.1) is 4.90 Å². The SMILES string of the molecule is CCCNc1cc(C)c(S(=O)(=O)NCCSC)c(C)c1. The molecule has 0 amide bonds. The highest BCUT2D eigenvalue weighted by Gasteiger charge is 2.19. The molecule has 20 heavy (non-hydrogen) atoms. The molecule has 0 saturated heterocycles. The van der Waals surface area contributed by atoms with Gasteiger partial charge < -0.3 is 5.32 Å². The van der Waals surface area contributed by atoms with E-state index >= 15 is 0 Å². The molecular formula is C14H24N2O2S2. The van der Waals surface area contributed by atoms with Crippen LogP contribution in [0.3, 0.4) is 0 Å². The van der Waals surface area contributed by atoms with Crippen LogP contribution >= 0.6 is 11.8 Å². The largest absolute Gasteiger partial charge is 0.385 e. The first kappa shape index (κ1) is 17.3. The van der Waals surface area contributed by atoms with E-state index < -0.39 is 10.0 Å². The molecule has 0 spiro atoms. The minimum Gasteiger partial charge on any atom is -0.385 e. The Labute approximate surface area is 126 Å². The molecule has 0 atom stereocenters. The molecule has 0 unspecified atom stereocenters. The van der Waals surface area contributed by atoms with Crippen molar-refractivity contribution in [3.05, 3.63) is 23.3 Å². The van der Waals surface area contributed by atoms with Crippen molar-refractivity contribution in [1.82, 2.24) is 4.72 Å². The third kappa shape index (κ3) is 4.68. The summed E-state index contributed by atoms with van der Waals surface area (Å²) in [5.74, 6) is 0.771. The van der Waals surface area contributed by atoms with Crippen LogP contribution < -0.4 is 10.0 Å². The van der Waals surface area contributed by atoms with Gasteiger partial charge in [-0.15, -0.1) is 0 Å². The van der Waals surface area contributed by atoms with Gasteiger partial charge in [0.15, 0.2) is 0 Å². The lowest BCUT2D eigenvalue weighted by Crippen LogP contribution is -2.27. The first-order valence-electron chi connectivity index (χ1n) is 6.76. The maximum absolute atomic E-state index is 12.3. The summed E-state index contributed by atoms with van der Waals surface area (Å²) in [6.45, 7) is 7.12. The van der Waals surface area contributed by atoms with Crippen molar-refractivity contribution < 1.29 is 8.42 Å². The first-order chi connectivity index (χ1) is 9.42. The van der Waals surface area contributed by atoms with Gasteiger partial charge in [-0.25, -0.2) is 13.1 Å². The van der Waals surface area contributed by atoms with Crippen LogP contribution in [0.5, 0.6) is 0 Å². The smallest absolute Gasteiger partial charge is 0.241 e. The molecular weight excluding hydrogens is 292 g/mol. The van der Waals surface area contributed by atoms with Crippen molar-refractivity contribution in [1.29, 1.82) is 0 Å². The fraction of sp³-hybridized carbons (Fsp3) is 0.571. The number of hydrogen-bond donors (Lipinski definition) is 2. The van der Waals surface area contributed by atoms with E-state index in [1.54, 1.807) is 11.8 Å². The Morgan fingerprint density at radius 3 is 2.25 bits per heavy atom. The Morgan fingerprint density at radius 1 is 1.15 bits per heavy atom. The second-order valence-corrected chi connectivity index (χ2v) is 7.45. The molecule has 0 radical (unpaired) electrons. The van der Waals surface area contributed by atoms with Crippen molar-refractivity contribution in [2.45, 2.75) is 32.1 Å². The molecule has 0 bridgehead atoms. The average molecular weight is 316 g/mol. The Morgan fingerprint density at radius 2 is 1.75 bits per heavy atom. The zero-order chi connectivity index (χ0) is 15.2. The summed E-state index contributed by atoms with van der Waals surface area (Å²) < 4.78 is 27.3. The molecule has 2 N–H and O–H groups in total. The predicted octanol–water partition coefficient (Wildman–Crippen LogP) is 2.77. The highest BCUT2D eigenvalue weighted by atomic mass is 32.2. The summed E-state index contributed by atoms with van der Waals surface area (Å²) >= 11 is 1.62. The molecule has 114 valence electrons. The zero-order valence-electron chi connectivity index (χ0n) is 12.6. The van der Waals surface area contributed by atoms with Gasteiger partial charge in [-0.05, 0) is 49.8 Å². The van der Waals surface area contributed by atoms with Crippen LogP contribution in [0.4, 0.5) is 5.69 Å². The maximum Gasteiger partial charge on any atom is 0.241 e. The summed E-state index contributed by atoms with van der Waals surface area (Å²) in [6.07, 6.45) is 2.99. The molecule has 0 aliphatic carbocycles. The Balaban J connectivity index is 3.00. The number of nitrogens with one attached hydrogen (secondary N) is 2. The van der Waals surface area contributed by atoms with E-state index in [9.17, 15) is 8.42 Å². The lowest BCUT2D eigenvalue weighted by atomic mass is 10.1. The third-order valence-corrected chi connectivity index (χ3v) is 5.28. The van der Waals surface area contributed by atoms with Crippen molar-refractivity contribution in [3.8, 4) is 0 Å². The highest BCUT2D eigenvalue weighted by Crippen LogP contribution is 2.24. The summed E-state index contributed by atoms with van der Waals surface area (Å²) in [4.78, 5) is 0.403. The summed E-state index contributed by atoms with van der Waals surface area (Å²) in [6, 6.07) is 3.79. The lowest BCUT2D eigenvalue weighted by molar-refractivity contribution is 0.583. The molecule has 1 aromatic rings. The monoisotopic (exact) mass is 316 g/mol. The van der Waals surface area contributed by atoms with Crippen LogP contribution in [-0.2, 0) is 10.0 Å². The van der Waals surface area contributed by atoms with E-state index in [1.165, 1.54) is 0 Å². The number of sulfonamides is 1. The zero-order valence-corrected chi connectivity index (χ0v) is 14.2. The standard InChI is InChI=1S/C14H24N2O2S2/c1-5-6-15-13-9-11(2)14(12(3)10-13)20(17,18)16-7-8-19-4/h9-10,15-16H,5-8H2,1-4H3. The summed E-state index contributed by atoms with van der Waals surface area (Å²) in [7, 11) is -3.42. The average Bonchev–Trinajstić information content (AvgIpc) is 2.35. The molecule has 0 heterocycles. The molecule has 0 fully saturated rings. The number of anilines is 1. The van der Waals surface area contributed by atoms with Crippen LogP contribution in [0.1, 0.15) is 24.5 Å². The van der Waals surface area contributed by atoms with Crippen LogP contribution in [0.15, 0.2) is 17.0 Å². The van der Waals surface area contributed by atoms with Gasteiger partial charge in [0, 0.05) is 24.5 Å². The van der Waals surface area contributed by atoms with Gasteiger partial charge >= 0.3 is 0 Å². The van der Waals surface area contributed by atoms with Crippen LogP contribution in [0, 0.1) is 13.8 Å². The lowest BCUT2D eigenvalue weighted by Gasteiger charge is -2.14. The van der Waals surface area contributed by atoms with Gasteiger partial charge in [0.1, 0.15) is 0 Å². The van der Waals surface area contributed by atoms with Crippen molar-refractivity contribution in [3.63, 3.8) is 0 Å². The van der Waals surface area contributed by atoms with Gasteiger partial charge in [-0.1, -0.05) is 6.92 Å². The van der Waals surface area contributed by atoms with Gasteiger partial charge in [0.25, 0.3) is 0 Å². The first-order valence-corrected chi connectivity index (χ1v) is 9.63. The quantitative estimate of drug-likeness (QED) is 0.724. The normalized spacial score (nSPS) is 11.6. The van der Waals surface area contributed by atoms with E-state index in [0.29, 0.717) is 11.4 Å². The van der Waals surface area contributed by atoms with Crippen molar-refractivity contribution >= 4 is 27.5 Å². The van der Waals surface area contributed by atoms with Gasteiger partial charge in [0.2, 0.25) is 10.0 Å². The molecule has 4 nitrogen and oxygen atoms in total. The van der Waals surface area contributed by atoms with E-state index in [4.69, 9.17) is 0 Å². The Kier molecular flexibility index (Phi) is 6.85. The minimum absolute atomic E-state index is 0.403. The van der Waals surface area contributed by atoms with Crippen molar-refractivity contribution in [2.75, 3.05) is 30.4 Å². The number of hydrogen-bond acceptors (Lipinski definition) is 4. The van der Waals surface area contributed by atoms with Gasteiger partial charge in [-0.2, -0.15) is 11.8 Å². The fourth-order valence-corrected chi connectivity index (χ4v) is 4.01. The molecule has 1 rings (SSSR count). The number of benzene rings is 1. The molecule has 0 aliphatic heterocycles. The summed E-state index contributed by atoms with van der Waals surface area (Å²) in [5, 5.41) is 3.29. The van der Waals surface area contributed by atoms with E-state index in [-0.39, 0.29) is 0 Å². The second kappa shape index (κ2) is 7.90. The molecule has 0 saturated carbocycles. The van der Waals surface area contributed by atoms with E-state index in [0.717, 1.165) is 35.5 Å². The highest BCUT2D eigenvalue weighted by molar-refractivity contribution is 7.98. The minimum atomic E-state index is -3.42. The van der Waals surface area contributed by atoms with E-state index in [2.05, 4.69) is 17.0 Å². The Hall–Kier alpha value is -0.720. The Bertz CT molecular complexity index is 519. The molecule has 1 aromatic carbocycles. The molecule has 0 aromatic heterocycles. The predicted molar refractivity (Wildman–Crippen MR) is 88.3 cm³/mol. The van der Waals surface area contributed by atoms with Crippen molar-refractivity contribution in [2.24, 2.45) is 0 Å². The van der Waals surface area contributed by atoms with E-state index in [1.807, 2.05) is 32.2 Å². The summed E-state index contributed by atoms with van der Waals surface area (Å²) in [5.41, 5.74) is 2.53. The number of thioether (sulfide) groups is 1. The molecule has 0 aliphatic rings. The maximum atomic E-state index is 12.3. The fourth-order valence-electron chi connectivity index (χ4n) is 2.10. The number of aryl methyl sites for hydroxylation is 2. The second-order valence-electron chi connectivity index (χ2n) is 4.76.